The molecule has 0 aliphatic carbocycles. The van der Waals surface area contributed by atoms with Crippen LogP contribution in [0.5, 0.6) is 0 Å². The van der Waals surface area contributed by atoms with Gasteiger partial charge in [0.1, 0.15) is 0 Å². The van der Waals surface area contributed by atoms with E-state index in [-0.39, 0.29) is 11.7 Å². The first-order valence-corrected chi connectivity index (χ1v) is 3.67. The van der Waals surface area contributed by atoms with Crippen LogP contribution >= 0.6 is 0 Å². The number of pyridine rings is 1. The van der Waals surface area contributed by atoms with Crippen molar-refractivity contribution in [2.24, 2.45) is 0 Å². The number of ether oxygens (including phenoxy) is 1. The molecule has 58 valence electrons. The Hall–Kier alpha value is -1.09. The third-order valence-electron chi connectivity index (χ3n) is 1.89. The lowest BCUT2D eigenvalue weighted by molar-refractivity contribution is -0.0535. The van der Waals surface area contributed by atoms with Crippen LogP contribution in [0.2, 0.25) is 0 Å². The summed E-state index contributed by atoms with van der Waals surface area (Å²) < 4.78 is 5.18. The second-order valence-electron chi connectivity index (χ2n) is 2.60. The second kappa shape index (κ2) is 2.51. The zero-order valence-electron chi connectivity index (χ0n) is 6.04. The Morgan fingerprint density at radius 2 is 2.45 bits per heavy atom. The summed E-state index contributed by atoms with van der Waals surface area (Å²) in [5.41, 5.74) is 0.718. The highest BCUT2D eigenvalue weighted by molar-refractivity contribution is 5.13. The van der Waals surface area contributed by atoms with Gasteiger partial charge < -0.3 is 9.72 Å². The predicted molar refractivity (Wildman–Crippen MR) is 40.4 cm³/mol. The van der Waals surface area contributed by atoms with Gasteiger partial charge in [-0.05, 0) is 12.1 Å². The lowest BCUT2D eigenvalue weighted by Crippen LogP contribution is -2.25. The molecule has 2 rings (SSSR count). The van der Waals surface area contributed by atoms with Crippen molar-refractivity contribution in [2.75, 3.05) is 6.61 Å². The quantitative estimate of drug-likeness (QED) is 0.646. The summed E-state index contributed by atoms with van der Waals surface area (Å²) in [6.07, 6.45) is 2.64. The maximum Gasteiger partial charge on any atom is 0.253 e. The Balaban J connectivity index is 2.36. The molecule has 2 heterocycles. The zero-order valence-corrected chi connectivity index (χ0v) is 6.04. The van der Waals surface area contributed by atoms with Crippen molar-refractivity contribution in [3.8, 4) is 0 Å². The van der Waals surface area contributed by atoms with Crippen LogP contribution in [0.25, 0.3) is 0 Å². The summed E-state index contributed by atoms with van der Waals surface area (Å²) in [7, 11) is 0. The minimum Gasteiger partial charge on any atom is -0.373 e. The summed E-state index contributed by atoms with van der Waals surface area (Å²) >= 11 is 0. The number of H-pyrrole nitrogens is 1. The summed E-state index contributed by atoms with van der Waals surface area (Å²) in [5, 5.41) is 0. The predicted octanol–water partition coefficient (Wildman–Crippen LogP) is 0.836. The largest absolute Gasteiger partial charge is 0.373 e. The number of aromatic nitrogens is 1. The molecule has 1 fully saturated rings. The summed E-state index contributed by atoms with van der Waals surface area (Å²) in [6, 6.07) is 3.63. The number of aromatic amines is 1. The minimum atomic E-state index is -0.0304. The van der Waals surface area contributed by atoms with Crippen molar-refractivity contribution >= 4 is 0 Å². The first-order chi connectivity index (χ1) is 5.38. The Bertz CT molecular complexity index is 301. The maximum atomic E-state index is 11.1. The fraction of sp³-hybridized carbons (Fsp3) is 0.375. The molecule has 0 amide bonds. The Morgan fingerprint density at radius 3 is 3.00 bits per heavy atom. The lowest BCUT2D eigenvalue weighted by Gasteiger charge is -2.25. The van der Waals surface area contributed by atoms with Gasteiger partial charge in [-0.1, -0.05) is 0 Å². The van der Waals surface area contributed by atoms with Gasteiger partial charge in [-0.25, -0.2) is 0 Å². The zero-order chi connectivity index (χ0) is 7.68. The fourth-order valence-electron chi connectivity index (χ4n) is 1.17. The molecule has 1 N–H and O–H groups in total. The van der Waals surface area contributed by atoms with Gasteiger partial charge in [0.05, 0.1) is 12.7 Å². The number of nitrogens with one attached hydrogen (secondary N) is 1. The van der Waals surface area contributed by atoms with Gasteiger partial charge >= 0.3 is 0 Å². The topological polar surface area (TPSA) is 42.1 Å². The number of hydrogen-bond donors (Lipinski definition) is 1. The lowest BCUT2D eigenvalue weighted by atomic mass is 10.1. The normalized spacial score (nSPS) is 22.7. The van der Waals surface area contributed by atoms with Crippen LogP contribution in [0, 0.1) is 0 Å². The third-order valence-corrected chi connectivity index (χ3v) is 1.89. The highest BCUT2D eigenvalue weighted by Gasteiger charge is 2.22. The fourth-order valence-corrected chi connectivity index (χ4v) is 1.17. The van der Waals surface area contributed by atoms with Crippen molar-refractivity contribution in [2.45, 2.75) is 12.5 Å². The van der Waals surface area contributed by atoms with Crippen LogP contribution in [0.4, 0.5) is 0 Å². The molecule has 1 aliphatic heterocycles. The Labute approximate surface area is 64.0 Å². The minimum absolute atomic E-state index is 0.0304. The smallest absolute Gasteiger partial charge is 0.253 e. The van der Waals surface area contributed by atoms with Crippen LogP contribution in [0.15, 0.2) is 23.1 Å². The average Bonchev–Trinajstić information content (AvgIpc) is 1.90. The molecule has 11 heavy (non-hydrogen) atoms. The Kier molecular flexibility index (Phi) is 1.51. The van der Waals surface area contributed by atoms with E-state index in [4.69, 9.17) is 4.74 Å². The van der Waals surface area contributed by atoms with E-state index >= 15 is 0 Å². The van der Waals surface area contributed by atoms with Crippen LogP contribution in [0.1, 0.15) is 18.1 Å². The number of rotatable bonds is 1. The highest BCUT2D eigenvalue weighted by Crippen LogP contribution is 2.25. The van der Waals surface area contributed by atoms with E-state index in [1.54, 1.807) is 6.20 Å². The van der Waals surface area contributed by atoms with Gasteiger partial charge in [-0.3, -0.25) is 4.79 Å². The molecular weight excluding hydrogens is 142 g/mol. The molecule has 1 aromatic rings. The summed E-state index contributed by atoms with van der Waals surface area (Å²) in [4.78, 5) is 13.7. The molecule has 1 aliphatic rings. The van der Waals surface area contributed by atoms with Crippen molar-refractivity contribution in [1.82, 2.24) is 4.98 Å². The standard InChI is InChI=1S/C8H9NO2/c10-8-6(2-1-4-9-8)7-3-5-11-7/h1-2,4,7H,3,5H2,(H,9,10). The van der Waals surface area contributed by atoms with Gasteiger partial charge in [0.25, 0.3) is 5.56 Å². The molecule has 1 unspecified atom stereocenters. The summed E-state index contributed by atoms with van der Waals surface area (Å²) in [5.74, 6) is 0. The first kappa shape index (κ1) is 6.61. The van der Waals surface area contributed by atoms with Gasteiger partial charge in [0.15, 0.2) is 0 Å². The second-order valence-corrected chi connectivity index (χ2v) is 2.60. The highest BCUT2D eigenvalue weighted by atomic mass is 16.5. The first-order valence-electron chi connectivity index (χ1n) is 3.67. The van der Waals surface area contributed by atoms with Crippen molar-refractivity contribution in [3.63, 3.8) is 0 Å². The van der Waals surface area contributed by atoms with Crippen LogP contribution in [-0.2, 0) is 4.74 Å². The van der Waals surface area contributed by atoms with E-state index in [9.17, 15) is 4.79 Å². The molecule has 3 heteroatoms. The van der Waals surface area contributed by atoms with E-state index in [0.717, 1.165) is 18.6 Å². The SMILES string of the molecule is O=c1[nH]cccc1C1CCO1. The van der Waals surface area contributed by atoms with E-state index in [2.05, 4.69) is 4.98 Å². The Morgan fingerprint density at radius 1 is 1.64 bits per heavy atom. The van der Waals surface area contributed by atoms with E-state index in [1.807, 2.05) is 12.1 Å². The molecule has 0 radical (unpaired) electrons. The van der Waals surface area contributed by atoms with Gasteiger partial charge in [0, 0.05) is 18.2 Å². The molecule has 3 nitrogen and oxygen atoms in total. The van der Waals surface area contributed by atoms with Gasteiger partial charge in [-0.15, -0.1) is 0 Å². The molecule has 0 saturated carbocycles. The number of hydrogen-bond acceptors (Lipinski definition) is 2. The molecule has 0 aromatic carbocycles. The average molecular weight is 151 g/mol. The summed E-state index contributed by atoms with van der Waals surface area (Å²) in [6.45, 7) is 0.777. The van der Waals surface area contributed by atoms with Crippen LogP contribution in [0.3, 0.4) is 0 Å². The van der Waals surface area contributed by atoms with E-state index < -0.39 is 0 Å². The molecule has 1 aromatic heterocycles. The van der Waals surface area contributed by atoms with Crippen LogP contribution in [-0.4, -0.2) is 11.6 Å². The maximum absolute atomic E-state index is 11.1. The van der Waals surface area contributed by atoms with Crippen molar-refractivity contribution < 1.29 is 4.74 Å². The third kappa shape index (κ3) is 1.07. The monoisotopic (exact) mass is 151 g/mol. The van der Waals surface area contributed by atoms with E-state index in [1.165, 1.54) is 0 Å². The van der Waals surface area contributed by atoms with Crippen molar-refractivity contribution in [3.05, 3.63) is 34.2 Å². The van der Waals surface area contributed by atoms with Gasteiger partial charge in [-0.2, -0.15) is 0 Å². The molecule has 1 saturated heterocycles. The van der Waals surface area contributed by atoms with Gasteiger partial charge in [0.2, 0.25) is 0 Å². The van der Waals surface area contributed by atoms with Crippen molar-refractivity contribution in [1.29, 1.82) is 0 Å². The molecule has 0 spiro atoms. The van der Waals surface area contributed by atoms with E-state index in [0.29, 0.717) is 0 Å². The molecule has 0 bridgehead atoms. The molecular formula is C8H9NO2. The molecule has 1 atom stereocenters. The van der Waals surface area contributed by atoms with Crippen LogP contribution < -0.4 is 5.56 Å².